The second kappa shape index (κ2) is 6.76. The molecule has 0 N–H and O–H groups in total. The Balaban J connectivity index is 1.89. The zero-order valence-electron chi connectivity index (χ0n) is 12.7. The Kier molecular flexibility index (Phi) is 4.52. The van der Waals surface area contributed by atoms with Gasteiger partial charge in [-0.25, -0.2) is 4.98 Å². The molecule has 4 nitrogen and oxygen atoms in total. The molecule has 0 aliphatic rings. The smallest absolute Gasteiger partial charge is 0.196 e. The molecule has 0 saturated carbocycles. The number of aryl methyl sites for hydroxylation is 1. The van der Waals surface area contributed by atoms with E-state index in [1.54, 1.807) is 18.2 Å². The van der Waals surface area contributed by atoms with Crippen LogP contribution in [0.4, 0.5) is 0 Å². The largest absolute Gasteiger partial charge is 0.291 e. The monoisotopic (exact) mass is 349 g/mol. The zero-order valence-corrected chi connectivity index (χ0v) is 14.3. The van der Waals surface area contributed by atoms with Crippen LogP contribution in [0.15, 0.2) is 41.8 Å². The number of hydrogen-bond acceptors (Lipinski definition) is 6. The summed E-state index contributed by atoms with van der Waals surface area (Å²) in [6, 6.07) is 14.8. The first-order chi connectivity index (χ1) is 11.6. The van der Waals surface area contributed by atoms with Gasteiger partial charge in [0.25, 0.3) is 0 Å². The van der Waals surface area contributed by atoms with Gasteiger partial charge in [-0.3, -0.25) is 4.79 Å². The van der Waals surface area contributed by atoms with Gasteiger partial charge in [0.2, 0.25) is 0 Å². The highest BCUT2D eigenvalue weighted by Crippen LogP contribution is 2.30. The Morgan fingerprint density at radius 3 is 2.50 bits per heavy atom. The van der Waals surface area contributed by atoms with Crippen LogP contribution in [0.1, 0.15) is 31.0 Å². The molecule has 0 amide bonds. The molecule has 0 spiro atoms. The third-order valence-corrected chi connectivity index (χ3v) is 5.38. The number of carbonyl (C=O) groups is 1. The van der Waals surface area contributed by atoms with E-state index in [9.17, 15) is 10.1 Å². The Labute approximate surface area is 147 Å². The lowest BCUT2D eigenvalue weighted by molar-refractivity contribution is 0.0982. The fourth-order valence-electron chi connectivity index (χ4n) is 2.20. The molecule has 0 aliphatic carbocycles. The third kappa shape index (κ3) is 3.11. The van der Waals surface area contributed by atoms with E-state index >= 15 is 0 Å². The van der Waals surface area contributed by atoms with Gasteiger partial charge in [0, 0.05) is 15.8 Å². The molecule has 1 atom stereocenters. The van der Waals surface area contributed by atoms with Crippen LogP contribution in [0.2, 0.25) is 0 Å². The number of benzene rings is 1. The van der Waals surface area contributed by atoms with Gasteiger partial charge in [-0.05, 0) is 31.2 Å². The van der Waals surface area contributed by atoms with E-state index in [1.807, 2.05) is 30.5 Å². The maximum absolute atomic E-state index is 12.5. The molecule has 0 bridgehead atoms. The van der Waals surface area contributed by atoms with Crippen LogP contribution in [-0.4, -0.2) is 10.8 Å². The molecule has 1 unspecified atom stereocenters. The lowest BCUT2D eigenvalue weighted by atomic mass is 10.1. The minimum atomic E-state index is -0.889. The summed E-state index contributed by atoms with van der Waals surface area (Å²) in [7, 11) is 0. The molecule has 3 aromatic rings. The van der Waals surface area contributed by atoms with E-state index in [1.165, 1.54) is 22.7 Å². The summed E-state index contributed by atoms with van der Waals surface area (Å²) in [6.07, 6.45) is 0. The highest BCUT2D eigenvalue weighted by atomic mass is 32.1. The molecule has 6 heteroatoms. The van der Waals surface area contributed by atoms with Crippen LogP contribution in [-0.2, 0) is 0 Å². The van der Waals surface area contributed by atoms with Gasteiger partial charge in [0.1, 0.15) is 5.01 Å². The van der Waals surface area contributed by atoms with Crippen molar-refractivity contribution < 1.29 is 4.79 Å². The maximum atomic E-state index is 12.5. The van der Waals surface area contributed by atoms with Crippen LogP contribution in [0.25, 0.3) is 11.3 Å². The van der Waals surface area contributed by atoms with Crippen LogP contribution >= 0.6 is 22.7 Å². The second-order valence-corrected chi connectivity index (χ2v) is 7.27. The van der Waals surface area contributed by atoms with Crippen LogP contribution < -0.4 is 0 Å². The highest BCUT2D eigenvalue weighted by molar-refractivity contribution is 7.14. The minimum Gasteiger partial charge on any atom is -0.291 e. The molecule has 2 aromatic heterocycles. The predicted molar refractivity (Wildman–Crippen MR) is 94.0 cm³/mol. The normalized spacial score (nSPS) is 11.5. The van der Waals surface area contributed by atoms with E-state index in [-0.39, 0.29) is 5.78 Å². The van der Waals surface area contributed by atoms with E-state index in [2.05, 4.69) is 17.1 Å². The van der Waals surface area contributed by atoms with Crippen molar-refractivity contribution in [2.45, 2.75) is 12.8 Å². The minimum absolute atomic E-state index is 0.212. The third-order valence-electron chi connectivity index (χ3n) is 3.45. The number of rotatable bonds is 4. The lowest BCUT2D eigenvalue weighted by Crippen LogP contribution is -2.09. The number of Topliss-reactive ketones (excluding diaryl/α,β-unsaturated/α-hetero) is 1. The van der Waals surface area contributed by atoms with Crippen molar-refractivity contribution in [3.63, 3.8) is 0 Å². The Bertz CT molecular complexity index is 971. The Morgan fingerprint density at radius 1 is 1.17 bits per heavy atom. The fraction of sp³-hybridized carbons (Fsp3) is 0.111. The summed E-state index contributed by atoms with van der Waals surface area (Å²) in [5.41, 5.74) is 2.13. The molecule has 0 saturated heterocycles. The van der Waals surface area contributed by atoms with Gasteiger partial charge in [-0.2, -0.15) is 10.5 Å². The SMILES string of the molecule is Cc1ccc(C(=O)C(C#N)c2nc(-c3ccc(C#N)cc3)cs2)s1. The van der Waals surface area contributed by atoms with Crippen LogP contribution in [0, 0.1) is 29.6 Å². The summed E-state index contributed by atoms with van der Waals surface area (Å²) in [6.45, 7) is 1.93. The van der Waals surface area contributed by atoms with Crippen molar-refractivity contribution in [1.82, 2.24) is 4.98 Å². The first-order valence-electron chi connectivity index (χ1n) is 7.08. The van der Waals surface area contributed by atoms with Crippen LogP contribution in [0.5, 0.6) is 0 Å². The maximum Gasteiger partial charge on any atom is 0.196 e. The van der Waals surface area contributed by atoms with Crippen molar-refractivity contribution >= 4 is 28.5 Å². The van der Waals surface area contributed by atoms with Crippen molar-refractivity contribution in [2.75, 3.05) is 0 Å². The number of hydrogen-bond donors (Lipinski definition) is 0. The topological polar surface area (TPSA) is 77.5 Å². The second-order valence-electron chi connectivity index (χ2n) is 5.10. The standard InChI is InChI=1S/C18H11N3OS2/c1-11-2-7-16(24-11)17(22)14(9-20)18-21-15(10-23-18)13-5-3-12(8-19)4-6-13/h2-7,10,14H,1H3. The molecule has 2 heterocycles. The van der Waals surface area contributed by atoms with Crippen molar-refractivity contribution in [1.29, 1.82) is 10.5 Å². The quantitative estimate of drug-likeness (QED) is 0.648. The van der Waals surface area contributed by atoms with Crippen molar-refractivity contribution in [3.8, 4) is 23.4 Å². The number of ketones is 1. The van der Waals surface area contributed by atoms with Gasteiger partial charge in [-0.15, -0.1) is 22.7 Å². The average Bonchev–Trinajstić information content (AvgIpc) is 3.25. The molecule has 3 rings (SSSR count). The summed E-state index contributed by atoms with van der Waals surface area (Å²) >= 11 is 2.69. The van der Waals surface area contributed by atoms with Crippen molar-refractivity contribution in [2.24, 2.45) is 0 Å². The van der Waals surface area contributed by atoms with E-state index < -0.39 is 5.92 Å². The number of thiophene rings is 1. The summed E-state index contributed by atoms with van der Waals surface area (Å²) in [5, 5.41) is 20.6. The van der Waals surface area contributed by atoms with Crippen molar-refractivity contribution in [3.05, 3.63) is 62.1 Å². The molecular formula is C18H11N3OS2. The summed E-state index contributed by atoms with van der Waals surface area (Å²) < 4.78 is 0. The van der Waals surface area contributed by atoms with Gasteiger partial charge in [0.15, 0.2) is 11.7 Å². The molecule has 0 radical (unpaired) electrons. The first kappa shape index (κ1) is 16.1. The van der Waals surface area contributed by atoms with Gasteiger partial charge < -0.3 is 0 Å². The zero-order chi connectivity index (χ0) is 17.1. The van der Waals surface area contributed by atoms with Crippen LogP contribution in [0.3, 0.4) is 0 Å². The molecular weight excluding hydrogens is 338 g/mol. The molecule has 1 aromatic carbocycles. The first-order valence-corrected chi connectivity index (χ1v) is 8.78. The number of aromatic nitrogens is 1. The fourth-order valence-corrected chi connectivity index (χ4v) is 3.91. The average molecular weight is 349 g/mol. The molecule has 0 aliphatic heterocycles. The van der Waals surface area contributed by atoms with E-state index in [0.717, 1.165) is 10.4 Å². The molecule has 116 valence electrons. The summed E-state index contributed by atoms with van der Waals surface area (Å²) in [4.78, 5) is 18.6. The molecule has 24 heavy (non-hydrogen) atoms. The predicted octanol–water partition coefficient (Wildman–Crippen LogP) is 4.54. The number of nitrogens with zero attached hydrogens (tertiary/aromatic N) is 3. The van der Waals surface area contributed by atoms with Gasteiger partial charge in [-0.1, -0.05) is 12.1 Å². The number of carbonyl (C=O) groups excluding carboxylic acids is 1. The Hall–Kier alpha value is -2.80. The van der Waals surface area contributed by atoms with E-state index in [4.69, 9.17) is 5.26 Å². The number of nitriles is 2. The van der Waals surface area contributed by atoms with Gasteiger partial charge in [0.05, 0.1) is 28.3 Å². The Morgan fingerprint density at radius 2 is 1.92 bits per heavy atom. The lowest BCUT2D eigenvalue weighted by Gasteiger charge is -2.02. The molecule has 0 fully saturated rings. The van der Waals surface area contributed by atoms with E-state index in [0.29, 0.717) is 21.1 Å². The van der Waals surface area contributed by atoms with Gasteiger partial charge >= 0.3 is 0 Å². The summed E-state index contributed by atoms with van der Waals surface area (Å²) in [5.74, 6) is -1.10. The number of thiazole rings is 1. The highest BCUT2D eigenvalue weighted by Gasteiger charge is 2.26.